The SMILES string of the molecule is CCC1=CC(CC)=C(c2nc3c([nH]2)CN(C(C)=O)CC3)CC=C1C(=O)N1CCC(c2ccc(C#N)cc2)CC1.[HH]. The lowest BCUT2D eigenvalue weighted by Crippen LogP contribution is -2.39. The van der Waals surface area contributed by atoms with Crippen molar-refractivity contribution >= 4 is 17.4 Å². The van der Waals surface area contributed by atoms with Gasteiger partial charge in [-0.05, 0) is 66.9 Å². The molecule has 7 heteroatoms. The fourth-order valence-corrected chi connectivity index (χ4v) is 6.04. The standard InChI is InChI=1S/C32H37N5O2.H2/c1-4-23-18-24(5-2)28(11-10-27(23)31-34-29-14-17-37(21(3)38)20-30(29)35-31)32(39)36-15-12-26(13-16-36)25-8-6-22(19-33)7-9-25;/h6-9,11,18,26H,4-5,10,12-17,20H2,1-3H3,(H,34,35);1H. The van der Waals surface area contributed by atoms with Crippen molar-refractivity contribution in [2.24, 2.45) is 0 Å². The van der Waals surface area contributed by atoms with Crippen LogP contribution in [0.4, 0.5) is 0 Å². The molecule has 39 heavy (non-hydrogen) atoms. The predicted octanol–water partition coefficient (Wildman–Crippen LogP) is 5.67. The molecule has 0 radical (unpaired) electrons. The summed E-state index contributed by atoms with van der Waals surface area (Å²) in [5, 5.41) is 9.07. The van der Waals surface area contributed by atoms with Crippen molar-refractivity contribution in [3.63, 3.8) is 0 Å². The van der Waals surface area contributed by atoms with E-state index < -0.39 is 0 Å². The van der Waals surface area contributed by atoms with E-state index in [9.17, 15) is 9.59 Å². The summed E-state index contributed by atoms with van der Waals surface area (Å²) in [7, 11) is 0. The van der Waals surface area contributed by atoms with E-state index in [4.69, 9.17) is 10.2 Å². The maximum Gasteiger partial charge on any atom is 0.253 e. The minimum atomic E-state index is 0. The first-order valence-electron chi connectivity index (χ1n) is 14.2. The van der Waals surface area contributed by atoms with Crippen LogP contribution in [0.25, 0.3) is 5.57 Å². The first kappa shape index (κ1) is 26.7. The van der Waals surface area contributed by atoms with Gasteiger partial charge in [0.2, 0.25) is 5.91 Å². The quantitative estimate of drug-likeness (QED) is 0.544. The van der Waals surface area contributed by atoms with Crippen LogP contribution in [-0.2, 0) is 22.6 Å². The molecule has 1 aromatic heterocycles. The molecule has 2 aromatic rings. The van der Waals surface area contributed by atoms with Crippen LogP contribution in [0.5, 0.6) is 0 Å². The van der Waals surface area contributed by atoms with Crippen LogP contribution in [0, 0.1) is 11.3 Å². The van der Waals surface area contributed by atoms with E-state index in [2.05, 4.69) is 49.2 Å². The smallest absolute Gasteiger partial charge is 0.253 e. The number of allylic oxidation sites excluding steroid dienone is 4. The van der Waals surface area contributed by atoms with E-state index in [1.54, 1.807) is 6.92 Å². The number of hydrogen-bond donors (Lipinski definition) is 1. The van der Waals surface area contributed by atoms with Gasteiger partial charge in [-0.3, -0.25) is 9.59 Å². The molecule has 1 fully saturated rings. The van der Waals surface area contributed by atoms with Crippen LogP contribution in [0.3, 0.4) is 0 Å². The summed E-state index contributed by atoms with van der Waals surface area (Å²) in [4.78, 5) is 38.0. The Kier molecular flexibility index (Phi) is 7.83. The number of likely N-dealkylation sites (tertiary alicyclic amines) is 1. The second-order valence-electron chi connectivity index (χ2n) is 10.7. The molecule has 3 heterocycles. The average Bonchev–Trinajstić information content (AvgIpc) is 3.30. The van der Waals surface area contributed by atoms with Crippen molar-refractivity contribution < 1.29 is 11.0 Å². The third-order valence-electron chi connectivity index (χ3n) is 8.44. The molecule has 1 N–H and O–H groups in total. The predicted molar refractivity (Wildman–Crippen MR) is 153 cm³/mol. The molecule has 0 saturated carbocycles. The second-order valence-corrected chi connectivity index (χ2v) is 10.7. The largest absolute Gasteiger partial charge is 0.340 e. The molecule has 3 aliphatic rings. The molecule has 1 saturated heterocycles. The van der Waals surface area contributed by atoms with Gasteiger partial charge in [0.05, 0.1) is 29.6 Å². The summed E-state index contributed by atoms with van der Waals surface area (Å²) < 4.78 is 0. The topological polar surface area (TPSA) is 93.1 Å². The summed E-state index contributed by atoms with van der Waals surface area (Å²) in [6, 6.07) is 10.0. The number of fused-ring (bicyclic) bond motifs is 1. The normalized spacial score (nSPS) is 18.2. The number of nitrogens with zero attached hydrogens (tertiary/aromatic N) is 4. The summed E-state index contributed by atoms with van der Waals surface area (Å²) in [6.07, 6.45) is 9.21. The van der Waals surface area contributed by atoms with Crippen molar-refractivity contribution in [1.29, 1.82) is 5.26 Å². The number of nitrogens with one attached hydrogen (secondary N) is 1. The molecule has 2 amide bonds. The number of carbonyl (C=O) groups excluding carboxylic acids is 2. The van der Waals surface area contributed by atoms with Crippen molar-refractivity contribution in [3.05, 3.63) is 81.5 Å². The molecule has 1 aromatic carbocycles. The fourth-order valence-electron chi connectivity index (χ4n) is 6.04. The van der Waals surface area contributed by atoms with Gasteiger partial charge < -0.3 is 14.8 Å². The minimum Gasteiger partial charge on any atom is -0.340 e. The lowest BCUT2D eigenvalue weighted by molar-refractivity contribution is -0.130. The van der Waals surface area contributed by atoms with Gasteiger partial charge in [0.1, 0.15) is 5.82 Å². The maximum atomic E-state index is 13.8. The number of rotatable bonds is 5. The lowest BCUT2D eigenvalue weighted by Gasteiger charge is -2.33. The van der Waals surface area contributed by atoms with Crippen LogP contribution in [0.15, 0.2) is 53.1 Å². The summed E-state index contributed by atoms with van der Waals surface area (Å²) >= 11 is 0. The van der Waals surface area contributed by atoms with E-state index in [0.717, 1.165) is 79.1 Å². The molecule has 0 atom stereocenters. The van der Waals surface area contributed by atoms with Gasteiger partial charge in [0, 0.05) is 45.6 Å². The van der Waals surface area contributed by atoms with Crippen LogP contribution >= 0.6 is 0 Å². The summed E-state index contributed by atoms with van der Waals surface area (Å²) in [5.41, 5.74) is 8.23. The van der Waals surface area contributed by atoms with Gasteiger partial charge >= 0.3 is 0 Å². The number of nitriles is 1. The van der Waals surface area contributed by atoms with E-state index in [0.29, 0.717) is 31.0 Å². The Labute approximate surface area is 232 Å². The van der Waals surface area contributed by atoms with Crippen molar-refractivity contribution in [2.45, 2.75) is 71.8 Å². The molecule has 5 rings (SSSR count). The number of H-pyrrole nitrogens is 1. The molecule has 2 aliphatic heterocycles. The molecule has 7 nitrogen and oxygen atoms in total. The minimum absolute atomic E-state index is 0. The molecular weight excluding hydrogens is 486 g/mol. The molecular formula is C32H39N5O2. The van der Waals surface area contributed by atoms with Crippen LogP contribution in [-0.4, -0.2) is 51.2 Å². The third-order valence-corrected chi connectivity index (χ3v) is 8.44. The van der Waals surface area contributed by atoms with Crippen molar-refractivity contribution in [3.8, 4) is 6.07 Å². The number of carbonyl (C=O) groups is 2. The number of benzene rings is 1. The number of imidazole rings is 1. The number of piperidine rings is 1. The van der Waals surface area contributed by atoms with E-state index in [1.807, 2.05) is 21.9 Å². The average molecular weight is 526 g/mol. The highest BCUT2D eigenvalue weighted by atomic mass is 16.2. The van der Waals surface area contributed by atoms with Crippen LogP contribution in [0.2, 0.25) is 0 Å². The van der Waals surface area contributed by atoms with Gasteiger partial charge in [-0.2, -0.15) is 5.26 Å². The Bertz CT molecular complexity index is 1400. The Morgan fingerprint density at radius 2 is 1.85 bits per heavy atom. The first-order valence-corrected chi connectivity index (χ1v) is 14.2. The number of hydrogen-bond acceptors (Lipinski definition) is 4. The Morgan fingerprint density at radius 3 is 2.49 bits per heavy atom. The second kappa shape index (κ2) is 11.4. The number of aromatic amines is 1. The number of aromatic nitrogens is 2. The van der Waals surface area contributed by atoms with Crippen molar-refractivity contribution in [1.82, 2.24) is 19.8 Å². The zero-order chi connectivity index (χ0) is 27.5. The third kappa shape index (κ3) is 5.47. The van der Waals surface area contributed by atoms with E-state index in [-0.39, 0.29) is 13.2 Å². The fraction of sp³-hybridized carbons (Fsp3) is 0.438. The van der Waals surface area contributed by atoms with Gasteiger partial charge in [-0.25, -0.2) is 4.98 Å². The van der Waals surface area contributed by atoms with Crippen molar-refractivity contribution in [2.75, 3.05) is 19.6 Å². The molecule has 0 spiro atoms. The van der Waals surface area contributed by atoms with Gasteiger partial charge in [0.15, 0.2) is 0 Å². The maximum absolute atomic E-state index is 13.8. The Morgan fingerprint density at radius 1 is 1.10 bits per heavy atom. The van der Waals surface area contributed by atoms with Gasteiger partial charge in [-0.15, -0.1) is 0 Å². The Balaban J connectivity index is 0.00000370. The monoisotopic (exact) mass is 525 g/mol. The van der Waals surface area contributed by atoms with Gasteiger partial charge in [-0.1, -0.05) is 38.1 Å². The zero-order valence-electron chi connectivity index (χ0n) is 23.2. The molecule has 1 aliphatic carbocycles. The Hall–Kier alpha value is -3.92. The zero-order valence-corrected chi connectivity index (χ0v) is 23.2. The highest BCUT2D eigenvalue weighted by Gasteiger charge is 2.29. The molecule has 0 bridgehead atoms. The highest BCUT2D eigenvalue weighted by molar-refractivity contribution is 5.99. The van der Waals surface area contributed by atoms with E-state index >= 15 is 0 Å². The van der Waals surface area contributed by atoms with E-state index in [1.165, 1.54) is 11.1 Å². The molecule has 0 unspecified atom stereocenters. The van der Waals surface area contributed by atoms with Crippen LogP contribution in [0.1, 0.15) is 88.6 Å². The highest BCUT2D eigenvalue weighted by Crippen LogP contribution is 2.35. The number of amides is 2. The summed E-state index contributed by atoms with van der Waals surface area (Å²) in [6.45, 7) is 8.62. The first-order chi connectivity index (χ1) is 18.9. The van der Waals surface area contributed by atoms with Gasteiger partial charge in [0.25, 0.3) is 5.91 Å². The lowest BCUT2D eigenvalue weighted by atomic mass is 9.88. The van der Waals surface area contributed by atoms with Crippen LogP contribution < -0.4 is 0 Å². The molecule has 204 valence electrons. The summed E-state index contributed by atoms with van der Waals surface area (Å²) in [5.74, 6) is 1.48.